The first kappa shape index (κ1) is 13.8. The summed E-state index contributed by atoms with van der Waals surface area (Å²) in [5.41, 5.74) is 1.77. The lowest BCUT2D eigenvalue weighted by molar-refractivity contribution is -0.384. The van der Waals surface area contributed by atoms with Gasteiger partial charge in [-0.1, -0.05) is 38.8 Å². The molecule has 0 bridgehead atoms. The highest BCUT2D eigenvalue weighted by Crippen LogP contribution is 2.39. The van der Waals surface area contributed by atoms with Crippen LogP contribution in [0.25, 0.3) is 0 Å². The van der Waals surface area contributed by atoms with Gasteiger partial charge in [0.25, 0.3) is 5.69 Å². The van der Waals surface area contributed by atoms with Crippen LogP contribution in [0, 0.1) is 22.5 Å². The monoisotopic (exact) mass is 262 g/mol. The summed E-state index contributed by atoms with van der Waals surface area (Å²) < 4.78 is 0. The van der Waals surface area contributed by atoms with Gasteiger partial charge in [0.05, 0.1) is 4.92 Å². The average molecular weight is 262 g/mol. The van der Waals surface area contributed by atoms with Gasteiger partial charge < -0.3 is 5.32 Å². The van der Waals surface area contributed by atoms with Crippen molar-refractivity contribution in [2.75, 3.05) is 5.32 Å². The van der Waals surface area contributed by atoms with E-state index >= 15 is 0 Å². The Balaban J connectivity index is 2.28. The van der Waals surface area contributed by atoms with E-state index in [0.29, 0.717) is 17.3 Å². The lowest BCUT2D eigenvalue weighted by atomic mass is 9.73. The molecule has 1 aliphatic rings. The predicted molar refractivity (Wildman–Crippen MR) is 77.5 cm³/mol. The van der Waals surface area contributed by atoms with Gasteiger partial charge in [0.15, 0.2) is 0 Å². The van der Waals surface area contributed by atoms with Gasteiger partial charge >= 0.3 is 0 Å². The van der Waals surface area contributed by atoms with Crippen LogP contribution in [0.2, 0.25) is 0 Å². The van der Waals surface area contributed by atoms with Crippen LogP contribution in [0.3, 0.4) is 0 Å². The fourth-order valence-electron chi connectivity index (χ4n) is 2.97. The van der Waals surface area contributed by atoms with Gasteiger partial charge in [0.2, 0.25) is 0 Å². The quantitative estimate of drug-likeness (QED) is 0.653. The third kappa shape index (κ3) is 2.88. The van der Waals surface area contributed by atoms with Crippen molar-refractivity contribution >= 4 is 11.4 Å². The van der Waals surface area contributed by atoms with Gasteiger partial charge in [-0.05, 0) is 31.2 Å². The molecule has 1 atom stereocenters. The maximum atomic E-state index is 11.2. The van der Waals surface area contributed by atoms with Crippen LogP contribution >= 0.6 is 0 Å². The SMILES string of the molecule is Cc1cccc(NC2CCCCC2(C)C)c1[N+](=O)[O-]. The zero-order valence-electron chi connectivity index (χ0n) is 11.9. The Morgan fingerprint density at radius 1 is 1.37 bits per heavy atom. The van der Waals surface area contributed by atoms with E-state index in [1.54, 1.807) is 13.0 Å². The first-order valence-electron chi connectivity index (χ1n) is 6.92. The average Bonchev–Trinajstić information content (AvgIpc) is 2.31. The number of hydrogen-bond acceptors (Lipinski definition) is 3. The molecule has 4 nitrogen and oxygen atoms in total. The number of rotatable bonds is 3. The molecular weight excluding hydrogens is 240 g/mol. The molecule has 0 spiro atoms. The van der Waals surface area contributed by atoms with E-state index in [4.69, 9.17) is 0 Å². The number of nitro groups is 1. The van der Waals surface area contributed by atoms with Crippen LogP contribution in [0.1, 0.15) is 45.1 Å². The van der Waals surface area contributed by atoms with E-state index in [-0.39, 0.29) is 16.0 Å². The molecule has 1 aromatic rings. The molecule has 1 aliphatic carbocycles. The Labute approximate surface area is 114 Å². The maximum Gasteiger partial charge on any atom is 0.295 e. The van der Waals surface area contributed by atoms with Gasteiger partial charge in [-0.15, -0.1) is 0 Å². The van der Waals surface area contributed by atoms with Gasteiger partial charge in [0, 0.05) is 11.6 Å². The van der Waals surface area contributed by atoms with Crippen LogP contribution in [0.15, 0.2) is 18.2 Å². The number of anilines is 1. The lowest BCUT2D eigenvalue weighted by Gasteiger charge is -2.39. The molecular formula is C15H22N2O2. The second-order valence-corrected chi connectivity index (χ2v) is 6.16. The Morgan fingerprint density at radius 2 is 2.11 bits per heavy atom. The van der Waals surface area contributed by atoms with Crippen LogP contribution in [0.4, 0.5) is 11.4 Å². The maximum absolute atomic E-state index is 11.2. The molecule has 104 valence electrons. The molecule has 1 unspecified atom stereocenters. The largest absolute Gasteiger partial charge is 0.376 e. The zero-order chi connectivity index (χ0) is 14.0. The normalized spacial score (nSPS) is 21.9. The Morgan fingerprint density at radius 3 is 2.74 bits per heavy atom. The topological polar surface area (TPSA) is 55.2 Å². The highest BCUT2D eigenvalue weighted by Gasteiger charge is 2.33. The molecule has 0 saturated heterocycles. The zero-order valence-corrected chi connectivity index (χ0v) is 11.9. The summed E-state index contributed by atoms with van der Waals surface area (Å²) in [6, 6.07) is 5.78. The van der Waals surface area contributed by atoms with Crippen molar-refractivity contribution in [1.82, 2.24) is 0 Å². The second-order valence-electron chi connectivity index (χ2n) is 6.16. The van der Waals surface area contributed by atoms with Gasteiger partial charge in [0.1, 0.15) is 5.69 Å². The van der Waals surface area contributed by atoms with Crippen molar-refractivity contribution in [2.45, 2.75) is 52.5 Å². The van der Waals surface area contributed by atoms with E-state index in [2.05, 4.69) is 19.2 Å². The van der Waals surface area contributed by atoms with Crippen molar-refractivity contribution in [1.29, 1.82) is 0 Å². The third-order valence-electron chi connectivity index (χ3n) is 4.26. The van der Waals surface area contributed by atoms with Crippen molar-refractivity contribution < 1.29 is 4.92 Å². The minimum absolute atomic E-state index is 0.190. The summed E-state index contributed by atoms with van der Waals surface area (Å²) in [5.74, 6) is 0. The summed E-state index contributed by atoms with van der Waals surface area (Å²) in [6.45, 7) is 6.27. The van der Waals surface area contributed by atoms with Gasteiger partial charge in [-0.3, -0.25) is 10.1 Å². The predicted octanol–water partition coefficient (Wildman–Crippen LogP) is 4.28. The summed E-state index contributed by atoms with van der Waals surface area (Å²) >= 11 is 0. The number of aryl methyl sites for hydroxylation is 1. The molecule has 0 amide bonds. The molecule has 1 fully saturated rings. The number of nitro benzene ring substituents is 1. The Kier molecular flexibility index (Phi) is 3.78. The molecule has 19 heavy (non-hydrogen) atoms. The third-order valence-corrected chi connectivity index (χ3v) is 4.26. The minimum atomic E-state index is -0.284. The summed E-state index contributed by atoms with van der Waals surface area (Å²) in [5, 5.41) is 14.6. The molecule has 1 N–H and O–H groups in total. The highest BCUT2D eigenvalue weighted by molar-refractivity contribution is 5.65. The number of para-hydroxylation sites is 1. The summed E-state index contributed by atoms with van der Waals surface area (Å²) in [7, 11) is 0. The first-order valence-corrected chi connectivity index (χ1v) is 6.92. The van der Waals surface area contributed by atoms with Crippen LogP contribution in [0.5, 0.6) is 0 Å². The van der Waals surface area contributed by atoms with Crippen LogP contribution < -0.4 is 5.32 Å². The van der Waals surface area contributed by atoms with Crippen molar-refractivity contribution in [3.8, 4) is 0 Å². The van der Waals surface area contributed by atoms with Gasteiger partial charge in [-0.25, -0.2) is 0 Å². The van der Waals surface area contributed by atoms with Crippen LogP contribution in [-0.2, 0) is 0 Å². The Hall–Kier alpha value is -1.58. The van der Waals surface area contributed by atoms with E-state index in [0.717, 1.165) is 6.42 Å². The molecule has 0 heterocycles. The standard InChI is InChI=1S/C15H22N2O2/c1-11-7-6-8-12(14(11)17(18)19)16-13-9-4-5-10-15(13,2)3/h6-8,13,16H,4-5,9-10H2,1-3H3. The lowest BCUT2D eigenvalue weighted by Crippen LogP contribution is -2.39. The molecule has 0 radical (unpaired) electrons. The summed E-state index contributed by atoms with van der Waals surface area (Å²) in [6.07, 6.45) is 4.70. The number of hydrogen-bond donors (Lipinski definition) is 1. The molecule has 1 aromatic carbocycles. The van der Waals surface area contributed by atoms with E-state index in [9.17, 15) is 10.1 Å². The molecule has 2 rings (SSSR count). The Bertz CT molecular complexity index is 483. The summed E-state index contributed by atoms with van der Waals surface area (Å²) in [4.78, 5) is 10.9. The van der Waals surface area contributed by atoms with Crippen LogP contribution in [-0.4, -0.2) is 11.0 Å². The van der Waals surface area contributed by atoms with Crippen molar-refractivity contribution in [2.24, 2.45) is 5.41 Å². The fourth-order valence-corrected chi connectivity index (χ4v) is 2.97. The fraction of sp³-hybridized carbons (Fsp3) is 0.600. The number of benzene rings is 1. The molecule has 0 aromatic heterocycles. The van der Waals surface area contributed by atoms with E-state index in [1.165, 1.54) is 19.3 Å². The molecule has 0 aliphatic heterocycles. The smallest absolute Gasteiger partial charge is 0.295 e. The molecule has 1 saturated carbocycles. The van der Waals surface area contributed by atoms with Crippen molar-refractivity contribution in [3.05, 3.63) is 33.9 Å². The highest BCUT2D eigenvalue weighted by atomic mass is 16.6. The first-order chi connectivity index (χ1) is 8.92. The second kappa shape index (κ2) is 5.19. The van der Waals surface area contributed by atoms with Crippen molar-refractivity contribution in [3.63, 3.8) is 0 Å². The van der Waals surface area contributed by atoms with Gasteiger partial charge in [-0.2, -0.15) is 0 Å². The molecule has 4 heteroatoms. The minimum Gasteiger partial charge on any atom is -0.376 e. The van der Waals surface area contributed by atoms with E-state index in [1.807, 2.05) is 12.1 Å². The number of nitrogens with one attached hydrogen (secondary N) is 1. The number of nitrogens with zero attached hydrogens (tertiary/aromatic N) is 1. The van der Waals surface area contributed by atoms with E-state index < -0.39 is 0 Å².